The van der Waals surface area contributed by atoms with E-state index in [0.717, 1.165) is 24.0 Å². The fraction of sp³-hybridized carbons (Fsp3) is 0.421. The molecule has 1 N–H and O–H groups in total. The Morgan fingerprint density at radius 3 is 2.64 bits per heavy atom. The van der Waals surface area contributed by atoms with Crippen molar-refractivity contribution in [2.75, 3.05) is 11.3 Å². The maximum absolute atomic E-state index is 12.9. The van der Waals surface area contributed by atoms with Gasteiger partial charge in [-0.2, -0.15) is 0 Å². The highest BCUT2D eigenvalue weighted by atomic mass is 32.2. The molecule has 1 heterocycles. The predicted molar refractivity (Wildman–Crippen MR) is 101 cm³/mol. The SMILES string of the molecule is CCCCOc1cc(C)c(C(C)C)cc1S(=O)(=O)Nc1cccnc1. The van der Waals surface area contributed by atoms with Crippen molar-refractivity contribution in [2.45, 2.75) is 51.3 Å². The topological polar surface area (TPSA) is 68.3 Å². The van der Waals surface area contributed by atoms with Crippen LogP contribution in [0.15, 0.2) is 41.6 Å². The molecule has 0 aliphatic heterocycles. The van der Waals surface area contributed by atoms with Gasteiger partial charge in [0.15, 0.2) is 0 Å². The lowest BCUT2D eigenvalue weighted by atomic mass is 9.98. The Morgan fingerprint density at radius 1 is 1.28 bits per heavy atom. The van der Waals surface area contributed by atoms with Crippen LogP contribution in [0.1, 0.15) is 50.7 Å². The molecule has 0 saturated carbocycles. The van der Waals surface area contributed by atoms with E-state index in [0.29, 0.717) is 18.0 Å². The fourth-order valence-electron chi connectivity index (χ4n) is 2.58. The zero-order valence-electron chi connectivity index (χ0n) is 15.2. The fourth-order valence-corrected chi connectivity index (χ4v) is 3.79. The Labute approximate surface area is 150 Å². The van der Waals surface area contributed by atoms with Crippen molar-refractivity contribution in [1.82, 2.24) is 4.98 Å². The van der Waals surface area contributed by atoms with Crippen LogP contribution in [-0.2, 0) is 10.0 Å². The minimum Gasteiger partial charge on any atom is -0.492 e. The lowest BCUT2D eigenvalue weighted by Gasteiger charge is -2.18. The van der Waals surface area contributed by atoms with E-state index in [1.165, 1.54) is 6.20 Å². The molecule has 2 rings (SSSR count). The molecule has 6 heteroatoms. The molecule has 0 spiro atoms. The van der Waals surface area contributed by atoms with Crippen molar-refractivity contribution in [3.8, 4) is 5.75 Å². The van der Waals surface area contributed by atoms with E-state index in [2.05, 4.69) is 16.6 Å². The van der Waals surface area contributed by atoms with E-state index in [4.69, 9.17) is 4.74 Å². The lowest BCUT2D eigenvalue weighted by Crippen LogP contribution is -2.16. The number of rotatable bonds is 8. The highest BCUT2D eigenvalue weighted by Crippen LogP contribution is 2.32. The first-order valence-electron chi connectivity index (χ1n) is 8.55. The predicted octanol–water partition coefficient (Wildman–Crippen LogP) is 4.49. The van der Waals surface area contributed by atoms with Crippen LogP contribution in [0.4, 0.5) is 5.69 Å². The molecule has 0 atom stereocenters. The second-order valence-electron chi connectivity index (χ2n) is 6.36. The molecular formula is C19H26N2O3S. The summed E-state index contributed by atoms with van der Waals surface area (Å²) in [5, 5.41) is 0. The number of unbranched alkanes of at least 4 members (excludes halogenated alkanes) is 1. The van der Waals surface area contributed by atoms with Gasteiger partial charge in [-0.05, 0) is 54.7 Å². The number of pyridine rings is 1. The Hall–Kier alpha value is -2.08. The Kier molecular flexibility index (Phi) is 6.42. The average Bonchev–Trinajstić information content (AvgIpc) is 2.55. The molecule has 0 saturated heterocycles. The highest BCUT2D eigenvalue weighted by Gasteiger charge is 2.23. The molecule has 136 valence electrons. The second kappa shape index (κ2) is 8.34. The summed E-state index contributed by atoms with van der Waals surface area (Å²) in [5.74, 6) is 0.615. The summed E-state index contributed by atoms with van der Waals surface area (Å²) in [6.45, 7) is 8.63. The lowest BCUT2D eigenvalue weighted by molar-refractivity contribution is 0.301. The summed E-state index contributed by atoms with van der Waals surface area (Å²) in [6.07, 6.45) is 4.94. The van der Waals surface area contributed by atoms with E-state index in [1.807, 2.05) is 26.8 Å². The van der Waals surface area contributed by atoms with Gasteiger partial charge in [0.2, 0.25) is 0 Å². The molecule has 2 aromatic rings. The standard InChI is InChI=1S/C19H26N2O3S/c1-5-6-10-24-18-11-15(4)17(14(2)3)12-19(18)25(22,23)21-16-8-7-9-20-13-16/h7-9,11-14,21H,5-6,10H2,1-4H3. The Bertz CT molecular complexity index is 803. The van der Waals surface area contributed by atoms with E-state index in [1.54, 1.807) is 24.4 Å². The van der Waals surface area contributed by atoms with Crippen LogP contribution in [0.25, 0.3) is 0 Å². The van der Waals surface area contributed by atoms with E-state index in [9.17, 15) is 8.42 Å². The Balaban J connectivity index is 2.45. The van der Waals surface area contributed by atoms with Gasteiger partial charge in [-0.3, -0.25) is 9.71 Å². The van der Waals surface area contributed by atoms with Gasteiger partial charge in [0.05, 0.1) is 18.5 Å². The van der Waals surface area contributed by atoms with Gasteiger partial charge in [-0.25, -0.2) is 8.42 Å². The maximum Gasteiger partial charge on any atom is 0.265 e. The number of hydrogen-bond donors (Lipinski definition) is 1. The molecule has 1 aromatic carbocycles. The molecule has 0 aliphatic carbocycles. The summed E-state index contributed by atoms with van der Waals surface area (Å²) in [7, 11) is -3.77. The van der Waals surface area contributed by atoms with Crippen molar-refractivity contribution < 1.29 is 13.2 Å². The molecule has 0 unspecified atom stereocenters. The molecule has 5 nitrogen and oxygen atoms in total. The second-order valence-corrected chi connectivity index (χ2v) is 8.01. The smallest absolute Gasteiger partial charge is 0.265 e. The minimum absolute atomic E-state index is 0.168. The molecule has 25 heavy (non-hydrogen) atoms. The zero-order valence-corrected chi connectivity index (χ0v) is 16.1. The van der Waals surface area contributed by atoms with Gasteiger partial charge >= 0.3 is 0 Å². The van der Waals surface area contributed by atoms with Gasteiger partial charge in [0.25, 0.3) is 10.0 Å². The van der Waals surface area contributed by atoms with Gasteiger partial charge in [-0.1, -0.05) is 27.2 Å². The number of benzene rings is 1. The van der Waals surface area contributed by atoms with Crippen LogP contribution >= 0.6 is 0 Å². The summed E-state index contributed by atoms with van der Waals surface area (Å²) in [4.78, 5) is 4.12. The summed E-state index contributed by atoms with van der Waals surface area (Å²) < 4.78 is 34.2. The third kappa shape index (κ3) is 4.95. The minimum atomic E-state index is -3.77. The first-order valence-corrected chi connectivity index (χ1v) is 10.0. The van der Waals surface area contributed by atoms with Crippen LogP contribution < -0.4 is 9.46 Å². The number of sulfonamides is 1. The molecule has 0 radical (unpaired) electrons. The number of ether oxygens (including phenoxy) is 1. The van der Waals surface area contributed by atoms with E-state index >= 15 is 0 Å². The number of nitrogens with zero attached hydrogens (tertiary/aromatic N) is 1. The quantitative estimate of drug-likeness (QED) is 0.702. The third-order valence-electron chi connectivity index (χ3n) is 3.91. The van der Waals surface area contributed by atoms with Crippen LogP contribution in [0.5, 0.6) is 5.75 Å². The number of nitrogens with one attached hydrogen (secondary N) is 1. The Morgan fingerprint density at radius 2 is 2.04 bits per heavy atom. The van der Waals surface area contributed by atoms with Gasteiger partial charge < -0.3 is 4.74 Å². The molecular weight excluding hydrogens is 336 g/mol. The number of hydrogen-bond acceptors (Lipinski definition) is 4. The van der Waals surface area contributed by atoms with Crippen molar-refractivity contribution >= 4 is 15.7 Å². The monoisotopic (exact) mass is 362 g/mol. The van der Waals surface area contributed by atoms with E-state index < -0.39 is 10.0 Å². The molecule has 0 amide bonds. The van der Waals surface area contributed by atoms with Gasteiger partial charge in [0, 0.05) is 6.20 Å². The van der Waals surface area contributed by atoms with Crippen LogP contribution in [0, 0.1) is 6.92 Å². The summed E-state index contributed by atoms with van der Waals surface area (Å²) in [5.41, 5.74) is 2.45. The van der Waals surface area contributed by atoms with Crippen molar-refractivity contribution in [3.05, 3.63) is 47.8 Å². The first-order chi connectivity index (χ1) is 11.8. The maximum atomic E-state index is 12.9. The summed E-state index contributed by atoms with van der Waals surface area (Å²) in [6, 6.07) is 6.90. The molecule has 0 aliphatic rings. The van der Waals surface area contributed by atoms with Crippen molar-refractivity contribution in [1.29, 1.82) is 0 Å². The highest BCUT2D eigenvalue weighted by molar-refractivity contribution is 7.92. The number of aromatic nitrogens is 1. The van der Waals surface area contributed by atoms with Crippen molar-refractivity contribution in [3.63, 3.8) is 0 Å². The van der Waals surface area contributed by atoms with Crippen LogP contribution in [-0.4, -0.2) is 20.0 Å². The first kappa shape index (κ1) is 19.2. The van der Waals surface area contributed by atoms with Crippen molar-refractivity contribution in [2.24, 2.45) is 0 Å². The van der Waals surface area contributed by atoms with Gasteiger partial charge in [0.1, 0.15) is 10.6 Å². The third-order valence-corrected chi connectivity index (χ3v) is 5.32. The molecule has 0 bridgehead atoms. The number of aryl methyl sites for hydroxylation is 1. The average molecular weight is 362 g/mol. The molecule has 1 aromatic heterocycles. The van der Waals surface area contributed by atoms with Gasteiger partial charge in [-0.15, -0.1) is 0 Å². The van der Waals surface area contributed by atoms with Crippen LogP contribution in [0.2, 0.25) is 0 Å². The zero-order chi connectivity index (χ0) is 18.4. The van der Waals surface area contributed by atoms with Crippen LogP contribution in [0.3, 0.4) is 0 Å². The molecule has 0 fully saturated rings. The normalized spacial score (nSPS) is 11.6. The van der Waals surface area contributed by atoms with E-state index in [-0.39, 0.29) is 10.8 Å². The number of anilines is 1. The largest absolute Gasteiger partial charge is 0.492 e. The summed E-state index contributed by atoms with van der Waals surface area (Å²) >= 11 is 0.